The Kier molecular flexibility index (Phi) is 3.45. The number of hydrogen-bond acceptors (Lipinski definition) is 4. The topological polar surface area (TPSA) is 73.0 Å². The van der Waals surface area contributed by atoms with Crippen molar-refractivity contribution in [3.05, 3.63) is 48.6 Å². The van der Waals surface area contributed by atoms with E-state index < -0.39 is 0 Å². The van der Waals surface area contributed by atoms with Gasteiger partial charge in [0.2, 0.25) is 5.76 Å². The van der Waals surface area contributed by atoms with Crippen molar-refractivity contribution in [3.63, 3.8) is 0 Å². The Morgan fingerprint density at radius 3 is 3.10 bits per heavy atom. The lowest BCUT2D eigenvalue weighted by atomic mass is 10.3. The molecule has 3 rings (SSSR count). The Hall–Kier alpha value is -2.63. The largest absolute Gasteiger partial charge is 0.351 e. The van der Waals surface area contributed by atoms with Crippen molar-refractivity contribution < 1.29 is 9.32 Å². The van der Waals surface area contributed by atoms with Gasteiger partial charge < -0.3 is 14.4 Å². The maximum Gasteiger partial charge on any atom is 0.289 e. The number of rotatable bonds is 5. The number of fused-ring (bicyclic) bond motifs is 1. The van der Waals surface area contributed by atoms with E-state index in [-0.39, 0.29) is 11.7 Å². The summed E-state index contributed by atoms with van der Waals surface area (Å²) in [5, 5.41) is 7.41. The van der Waals surface area contributed by atoms with Crippen molar-refractivity contribution in [1.29, 1.82) is 0 Å². The quantitative estimate of drug-likeness (QED) is 0.718. The van der Waals surface area contributed by atoms with Gasteiger partial charge in [-0.3, -0.25) is 4.79 Å². The predicted octanol–water partition coefficient (Wildman–Crippen LogP) is 1.84. The first-order valence-electron chi connectivity index (χ1n) is 6.43. The number of amides is 1. The van der Waals surface area contributed by atoms with Gasteiger partial charge >= 0.3 is 0 Å². The Morgan fingerprint density at radius 1 is 1.30 bits per heavy atom. The lowest BCUT2D eigenvalue weighted by Gasteiger charge is -2.05. The van der Waals surface area contributed by atoms with Gasteiger partial charge in [-0.05, 0) is 24.6 Å². The number of aromatic nitrogens is 3. The maximum absolute atomic E-state index is 11.6. The summed E-state index contributed by atoms with van der Waals surface area (Å²) >= 11 is 0. The van der Waals surface area contributed by atoms with Crippen LogP contribution in [0.5, 0.6) is 0 Å². The molecule has 0 aromatic carbocycles. The Balaban J connectivity index is 1.52. The molecule has 3 aromatic heterocycles. The minimum absolute atomic E-state index is 0.234. The lowest BCUT2D eigenvalue weighted by Crippen LogP contribution is -2.24. The molecule has 0 bridgehead atoms. The van der Waals surface area contributed by atoms with Crippen LogP contribution in [0, 0.1) is 0 Å². The van der Waals surface area contributed by atoms with E-state index in [0.717, 1.165) is 24.0 Å². The van der Waals surface area contributed by atoms with Crippen LogP contribution in [-0.4, -0.2) is 27.2 Å². The zero-order valence-electron chi connectivity index (χ0n) is 10.8. The molecule has 0 radical (unpaired) electrons. The second kappa shape index (κ2) is 5.56. The van der Waals surface area contributed by atoms with E-state index >= 15 is 0 Å². The molecule has 3 heterocycles. The molecule has 1 N–H and O–H groups in total. The smallest absolute Gasteiger partial charge is 0.289 e. The van der Waals surface area contributed by atoms with Crippen LogP contribution in [0.15, 0.2) is 47.4 Å². The molecule has 0 atom stereocenters. The monoisotopic (exact) mass is 270 g/mol. The van der Waals surface area contributed by atoms with Crippen LogP contribution in [0.2, 0.25) is 0 Å². The van der Waals surface area contributed by atoms with Crippen LogP contribution in [0.3, 0.4) is 0 Å². The van der Waals surface area contributed by atoms with Crippen LogP contribution in [0.1, 0.15) is 17.0 Å². The maximum atomic E-state index is 11.6. The van der Waals surface area contributed by atoms with Gasteiger partial charge in [-0.1, -0.05) is 5.16 Å². The first kappa shape index (κ1) is 12.4. The average Bonchev–Trinajstić information content (AvgIpc) is 3.13. The molecule has 0 saturated carbocycles. The second-order valence-corrected chi connectivity index (χ2v) is 4.41. The molecular weight excluding hydrogens is 256 g/mol. The third-order valence-electron chi connectivity index (χ3n) is 3.05. The van der Waals surface area contributed by atoms with Crippen LogP contribution in [-0.2, 0) is 6.54 Å². The molecule has 0 spiro atoms. The molecule has 0 aliphatic heterocycles. The van der Waals surface area contributed by atoms with Gasteiger partial charge in [-0.15, -0.1) is 0 Å². The van der Waals surface area contributed by atoms with E-state index in [2.05, 4.69) is 20.0 Å². The highest BCUT2D eigenvalue weighted by Crippen LogP contribution is 2.12. The number of aryl methyl sites for hydroxylation is 1. The normalized spacial score (nSPS) is 10.8. The van der Waals surface area contributed by atoms with Gasteiger partial charge in [0.05, 0.1) is 6.20 Å². The molecule has 102 valence electrons. The van der Waals surface area contributed by atoms with Crippen molar-refractivity contribution in [2.45, 2.75) is 13.0 Å². The molecule has 0 unspecified atom stereocenters. The molecule has 6 nitrogen and oxygen atoms in total. The molecule has 0 fully saturated rings. The minimum atomic E-state index is -0.238. The number of pyridine rings is 1. The van der Waals surface area contributed by atoms with Crippen molar-refractivity contribution in [3.8, 4) is 0 Å². The standard InChI is InChI=1S/C14H14N4O2/c19-14(12-4-8-17-20-12)16-7-2-9-18-10-5-11-3-1-6-15-13(11)18/h1,3-6,8,10H,2,7,9H2,(H,16,19). The van der Waals surface area contributed by atoms with E-state index in [9.17, 15) is 4.79 Å². The fourth-order valence-electron chi connectivity index (χ4n) is 2.07. The first-order chi connectivity index (χ1) is 9.84. The van der Waals surface area contributed by atoms with Gasteiger partial charge in [0.1, 0.15) is 5.65 Å². The van der Waals surface area contributed by atoms with Gasteiger partial charge in [0, 0.05) is 36.9 Å². The Bertz CT molecular complexity index is 703. The van der Waals surface area contributed by atoms with E-state index in [0.29, 0.717) is 6.54 Å². The second-order valence-electron chi connectivity index (χ2n) is 4.41. The number of carbonyl (C=O) groups is 1. The molecular formula is C14H14N4O2. The van der Waals surface area contributed by atoms with Crippen molar-refractivity contribution in [1.82, 2.24) is 20.0 Å². The van der Waals surface area contributed by atoms with Crippen molar-refractivity contribution in [2.24, 2.45) is 0 Å². The number of hydrogen-bond donors (Lipinski definition) is 1. The summed E-state index contributed by atoms with van der Waals surface area (Å²) in [6.07, 6.45) is 6.06. The summed E-state index contributed by atoms with van der Waals surface area (Å²) < 4.78 is 6.86. The summed E-state index contributed by atoms with van der Waals surface area (Å²) in [6, 6.07) is 7.53. The SMILES string of the molecule is O=C(NCCCn1ccc2cccnc21)c1ccno1. The number of nitrogens with zero attached hydrogens (tertiary/aromatic N) is 3. The molecule has 6 heteroatoms. The van der Waals surface area contributed by atoms with Crippen LogP contribution < -0.4 is 5.32 Å². The number of carbonyl (C=O) groups excluding carboxylic acids is 1. The number of nitrogens with one attached hydrogen (secondary N) is 1. The highest BCUT2D eigenvalue weighted by Gasteiger charge is 2.08. The van der Waals surface area contributed by atoms with E-state index in [4.69, 9.17) is 4.52 Å². The van der Waals surface area contributed by atoms with Crippen molar-refractivity contribution >= 4 is 16.9 Å². The first-order valence-corrected chi connectivity index (χ1v) is 6.43. The molecule has 20 heavy (non-hydrogen) atoms. The summed E-state index contributed by atoms with van der Waals surface area (Å²) in [6.45, 7) is 1.38. The summed E-state index contributed by atoms with van der Waals surface area (Å²) in [5.74, 6) is -0.00364. The Labute approximate surface area is 115 Å². The zero-order valence-corrected chi connectivity index (χ0v) is 10.8. The van der Waals surface area contributed by atoms with Gasteiger partial charge in [-0.25, -0.2) is 4.98 Å². The van der Waals surface area contributed by atoms with Crippen LogP contribution in [0.25, 0.3) is 11.0 Å². The third-order valence-corrected chi connectivity index (χ3v) is 3.05. The highest BCUT2D eigenvalue weighted by atomic mass is 16.5. The van der Waals surface area contributed by atoms with Crippen LogP contribution in [0.4, 0.5) is 0 Å². The lowest BCUT2D eigenvalue weighted by molar-refractivity contribution is 0.0916. The fourth-order valence-corrected chi connectivity index (χ4v) is 2.07. The fraction of sp³-hybridized carbons (Fsp3) is 0.214. The molecule has 0 aliphatic rings. The van der Waals surface area contributed by atoms with Gasteiger partial charge in [0.15, 0.2) is 0 Å². The van der Waals surface area contributed by atoms with Crippen molar-refractivity contribution in [2.75, 3.05) is 6.54 Å². The molecule has 0 aliphatic carbocycles. The van der Waals surface area contributed by atoms with Gasteiger partial charge in [-0.2, -0.15) is 0 Å². The third kappa shape index (κ3) is 2.54. The molecule has 1 amide bonds. The van der Waals surface area contributed by atoms with Gasteiger partial charge in [0.25, 0.3) is 5.91 Å². The van der Waals surface area contributed by atoms with E-state index in [1.165, 1.54) is 6.20 Å². The summed E-state index contributed by atoms with van der Waals surface area (Å²) in [4.78, 5) is 16.0. The zero-order chi connectivity index (χ0) is 13.8. The van der Waals surface area contributed by atoms with E-state index in [1.54, 1.807) is 12.3 Å². The minimum Gasteiger partial charge on any atom is -0.351 e. The predicted molar refractivity (Wildman–Crippen MR) is 73.2 cm³/mol. The summed E-state index contributed by atoms with van der Waals surface area (Å²) in [5.41, 5.74) is 0.967. The highest BCUT2D eigenvalue weighted by molar-refractivity contribution is 5.91. The molecule has 0 saturated heterocycles. The van der Waals surface area contributed by atoms with E-state index in [1.807, 2.05) is 24.4 Å². The van der Waals surface area contributed by atoms with Crippen LogP contribution >= 0.6 is 0 Å². The Morgan fingerprint density at radius 2 is 2.25 bits per heavy atom. The summed E-state index contributed by atoms with van der Waals surface area (Å²) in [7, 11) is 0. The molecule has 3 aromatic rings. The average molecular weight is 270 g/mol.